The largest absolute Gasteiger partial charge is 0.370 e. The number of likely N-dealkylation sites (tertiary alicyclic amines) is 1. The number of para-hydroxylation sites is 1. The molecule has 2 aromatic rings. The minimum Gasteiger partial charge on any atom is -0.370 e. The number of hydrogen-bond donors (Lipinski definition) is 13. The van der Waals surface area contributed by atoms with Gasteiger partial charge in [0.05, 0.1) is 13.0 Å². The molecule has 0 unspecified atom stereocenters. The van der Waals surface area contributed by atoms with Gasteiger partial charge in [-0.1, -0.05) is 79.3 Å². The predicted octanol–water partition coefficient (Wildman–Crippen LogP) is -2.06. The monoisotopic (exact) mass is 1130 g/mol. The van der Waals surface area contributed by atoms with Crippen LogP contribution in [-0.4, -0.2) is 153 Å². The standard InChI is InChI=1S/C50H75N15O11S2/c1-3-27(2)41-47(75)61-32(15-16-37(51)66)43(71)62-34(22-38(52)67)44(72)63-35(48(76)65-20-10-14-36(65)46(74)60-31(13-9-19-56-49(54)55)42(70)58-25-39(53)68)26-77-78-50(17-7-4-8-18-50)23-40(69)59-33(45(73)64-41)21-28-24-57-30-12-6-5-11-29(28)30/h5-6,11-12,24,27,31-36,41,57H,3-4,7-10,13-23,25-26H2,1-2H3,(H2,51,66)(H2,52,67)(H2,53,68)(H,58,70)(H,59,69)(H,60,74)(H,61,75)(H,62,71)(H,63,72)(H,64,73)(H4,54,55,56)/t27-,31-,32-,33+,34-,35+,36-,41-/m0/s1. The van der Waals surface area contributed by atoms with Crippen molar-refractivity contribution in [3.63, 3.8) is 0 Å². The molecule has 2 saturated heterocycles. The van der Waals surface area contributed by atoms with E-state index < -0.39 is 137 Å². The fraction of sp³-hybridized carbons (Fsp3) is 0.600. The molecule has 3 heterocycles. The first-order chi connectivity index (χ1) is 37.1. The second kappa shape index (κ2) is 29.6. The molecule has 3 fully saturated rings. The van der Waals surface area contributed by atoms with Crippen LogP contribution in [0, 0.1) is 5.92 Å². The first kappa shape index (κ1) is 61.7. The Kier molecular flexibility index (Phi) is 23.4. The van der Waals surface area contributed by atoms with Crippen LogP contribution >= 0.6 is 21.6 Å². The third-order valence-electron chi connectivity index (χ3n) is 14.1. The van der Waals surface area contributed by atoms with Crippen LogP contribution in [0.25, 0.3) is 10.9 Å². The number of amides is 11. The van der Waals surface area contributed by atoms with Crippen LogP contribution in [0.3, 0.4) is 0 Å². The zero-order chi connectivity index (χ0) is 57.1. The van der Waals surface area contributed by atoms with Crippen LogP contribution in [0.2, 0.25) is 0 Å². The molecule has 428 valence electrons. The minimum atomic E-state index is -1.75. The topological polar surface area (TPSA) is 433 Å². The maximum Gasteiger partial charge on any atom is 0.246 e. The number of hydrogen-bond acceptors (Lipinski definition) is 14. The van der Waals surface area contributed by atoms with E-state index in [-0.39, 0.29) is 63.3 Å². The summed E-state index contributed by atoms with van der Waals surface area (Å²) in [4.78, 5) is 159. The summed E-state index contributed by atoms with van der Waals surface area (Å²) in [5.41, 5.74) is 28.8. The SMILES string of the molecule is CC[C@H](C)[C@@H]1NC(=O)[C@@H](Cc2c[nH]c3ccccc23)NC(=O)CC2(CCCCC2)SSC[C@H](C(=O)N2CCC[C@H]2C(=O)N[C@@H](CCCN=C(N)N)C(=O)NCC(N)=O)NC(=O)[C@H](CC(N)=O)NC(=O)[C@H](CCC(N)=O)NC1=O. The van der Waals surface area contributed by atoms with Crippen LogP contribution in [0.15, 0.2) is 35.5 Å². The number of nitrogens with two attached hydrogens (primary N) is 5. The highest BCUT2D eigenvalue weighted by Gasteiger charge is 2.42. The molecule has 18 N–H and O–H groups in total. The molecule has 3 aliphatic rings. The molecule has 1 saturated carbocycles. The number of fused-ring (bicyclic) bond motifs is 1. The molecule has 5 rings (SSSR count). The van der Waals surface area contributed by atoms with Gasteiger partial charge in [-0.3, -0.25) is 57.7 Å². The van der Waals surface area contributed by atoms with E-state index in [1.165, 1.54) is 26.5 Å². The normalized spacial score (nSPS) is 23.5. The van der Waals surface area contributed by atoms with Gasteiger partial charge in [-0.15, -0.1) is 0 Å². The molecule has 78 heavy (non-hydrogen) atoms. The van der Waals surface area contributed by atoms with Crippen molar-refractivity contribution in [3.8, 4) is 0 Å². The summed E-state index contributed by atoms with van der Waals surface area (Å²) in [5.74, 6) is -9.80. The average molecular weight is 1130 g/mol. The molecular formula is C50H75N15O11S2. The van der Waals surface area contributed by atoms with E-state index >= 15 is 0 Å². The smallest absolute Gasteiger partial charge is 0.246 e. The van der Waals surface area contributed by atoms with Gasteiger partial charge in [0.15, 0.2) is 5.96 Å². The number of guanidine groups is 1. The number of nitrogens with zero attached hydrogens (tertiary/aromatic N) is 2. The van der Waals surface area contributed by atoms with E-state index in [1.54, 1.807) is 20.0 Å². The molecule has 28 heteroatoms. The number of aliphatic imine (C=N–C) groups is 1. The van der Waals surface area contributed by atoms with E-state index in [9.17, 15) is 52.7 Å². The van der Waals surface area contributed by atoms with Crippen molar-refractivity contribution < 1.29 is 52.7 Å². The Morgan fingerprint density at radius 2 is 1.51 bits per heavy atom. The van der Waals surface area contributed by atoms with Crippen LogP contribution in [0.5, 0.6) is 0 Å². The summed E-state index contributed by atoms with van der Waals surface area (Å²) in [6, 6.07) is -2.17. The first-order valence-electron chi connectivity index (χ1n) is 26.3. The molecule has 1 spiro atoms. The molecule has 2 aliphatic heterocycles. The summed E-state index contributed by atoms with van der Waals surface area (Å²) >= 11 is 0. The summed E-state index contributed by atoms with van der Waals surface area (Å²) in [6.07, 6.45) is 4.84. The van der Waals surface area contributed by atoms with Gasteiger partial charge < -0.3 is 75.8 Å². The van der Waals surface area contributed by atoms with Crippen LogP contribution in [-0.2, 0) is 59.2 Å². The molecule has 0 bridgehead atoms. The maximum absolute atomic E-state index is 14.9. The summed E-state index contributed by atoms with van der Waals surface area (Å²) in [5, 5.41) is 19.4. The van der Waals surface area contributed by atoms with E-state index in [0.29, 0.717) is 25.7 Å². The van der Waals surface area contributed by atoms with E-state index in [1.807, 2.05) is 24.3 Å². The van der Waals surface area contributed by atoms with E-state index in [4.69, 9.17) is 28.7 Å². The number of nitrogens with one attached hydrogen (secondary N) is 8. The van der Waals surface area contributed by atoms with Gasteiger partial charge >= 0.3 is 0 Å². The number of primary amides is 3. The Morgan fingerprint density at radius 3 is 2.19 bits per heavy atom. The summed E-state index contributed by atoms with van der Waals surface area (Å²) in [7, 11) is 2.54. The van der Waals surface area contributed by atoms with E-state index in [0.717, 1.165) is 35.7 Å². The third kappa shape index (κ3) is 18.3. The molecular weight excluding hydrogens is 1050 g/mol. The van der Waals surface area contributed by atoms with Crippen molar-refractivity contribution in [2.75, 3.05) is 25.4 Å². The fourth-order valence-electron chi connectivity index (χ4n) is 9.72. The van der Waals surface area contributed by atoms with Crippen molar-refractivity contribution in [2.45, 2.75) is 157 Å². The molecule has 8 atom stereocenters. The molecule has 11 amide bonds. The maximum atomic E-state index is 14.9. The van der Waals surface area contributed by atoms with Gasteiger partial charge in [0.25, 0.3) is 0 Å². The van der Waals surface area contributed by atoms with Gasteiger partial charge in [0.1, 0.15) is 42.3 Å². The van der Waals surface area contributed by atoms with Crippen LogP contribution in [0.1, 0.15) is 109 Å². The molecule has 1 aromatic carbocycles. The van der Waals surface area contributed by atoms with Gasteiger partial charge in [-0.2, -0.15) is 0 Å². The number of aromatic nitrogens is 1. The highest BCUT2D eigenvalue weighted by Crippen LogP contribution is 2.48. The number of H-pyrrole nitrogens is 1. The van der Waals surface area contributed by atoms with Gasteiger partial charge in [0.2, 0.25) is 65.0 Å². The lowest BCUT2D eigenvalue weighted by Gasteiger charge is -2.37. The Hall–Kier alpha value is -7.10. The second-order valence-corrected chi connectivity index (χ2v) is 22.9. The van der Waals surface area contributed by atoms with Crippen molar-refractivity contribution in [1.82, 2.24) is 47.1 Å². The Balaban J connectivity index is 1.53. The highest BCUT2D eigenvalue weighted by molar-refractivity contribution is 8.77. The number of carbonyl (C=O) groups excluding carboxylic acids is 11. The number of benzene rings is 1. The fourth-order valence-corrected chi connectivity index (χ4v) is 13.1. The summed E-state index contributed by atoms with van der Waals surface area (Å²) in [6.45, 7) is 3.14. The van der Waals surface area contributed by atoms with E-state index in [2.05, 4.69) is 47.2 Å². The number of aromatic amines is 1. The molecule has 1 aliphatic carbocycles. The number of rotatable bonds is 19. The minimum absolute atomic E-state index is 0.0243. The molecule has 0 radical (unpaired) electrons. The lowest BCUT2D eigenvalue weighted by atomic mass is 9.85. The third-order valence-corrected chi connectivity index (χ3v) is 17.4. The second-order valence-electron chi connectivity index (χ2n) is 20.1. The number of carbonyl (C=O) groups is 11. The zero-order valence-electron chi connectivity index (χ0n) is 44.0. The van der Waals surface area contributed by atoms with Crippen molar-refractivity contribution in [1.29, 1.82) is 0 Å². The highest BCUT2D eigenvalue weighted by atomic mass is 33.1. The van der Waals surface area contributed by atoms with Crippen molar-refractivity contribution >= 4 is 103 Å². The van der Waals surface area contributed by atoms with Crippen molar-refractivity contribution in [3.05, 3.63) is 36.0 Å². The molecule has 1 aromatic heterocycles. The van der Waals surface area contributed by atoms with Crippen molar-refractivity contribution in [2.24, 2.45) is 39.6 Å². The lowest BCUT2D eigenvalue weighted by Crippen LogP contribution is -2.61. The Bertz CT molecular complexity index is 2550. The Labute approximate surface area is 459 Å². The first-order valence-corrected chi connectivity index (χ1v) is 28.6. The quantitative estimate of drug-likeness (QED) is 0.0311. The van der Waals surface area contributed by atoms with Gasteiger partial charge in [-0.25, -0.2) is 0 Å². The zero-order valence-corrected chi connectivity index (χ0v) is 45.7. The molecule has 26 nitrogen and oxygen atoms in total. The Morgan fingerprint density at radius 1 is 0.821 bits per heavy atom. The summed E-state index contributed by atoms with van der Waals surface area (Å²) < 4.78 is -0.726. The van der Waals surface area contributed by atoms with Crippen LogP contribution < -0.4 is 65.9 Å². The predicted molar refractivity (Wildman–Crippen MR) is 293 cm³/mol. The average Bonchev–Trinajstić information content (AvgIpc) is 4.07. The lowest BCUT2D eigenvalue weighted by molar-refractivity contribution is -0.142. The van der Waals surface area contributed by atoms with Gasteiger partial charge in [-0.05, 0) is 62.5 Å². The van der Waals surface area contributed by atoms with Gasteiger partial charge in [0, 0.05) is 60.0 Å². The van der Waals surface area contributed by atoms with Crippen LogP contribution in [0.4, 0.5) is 0 Å².